The van der Waals surface area contributed by atoms with Gasteiger partial charge in [0.25, 0.3) is 0 Å². The average Bonchev–Trinajstić information content (AvgIpc) is 2.43. The zero-order chi connectivity index (χ0) is 16.3. The Morgan fingerprint density at radius 1 is 1.19 bits per heavy atom. The molecule has 0 aromatic rings. The summed E-state index contributed by atoms with van der Waals surface area (Å²) in [5.41, 5.74) is 0.320. The van der Waals surface area contributed by atoms with E-state index in [4.69, 9.17) is 19.1 Å². The molecule has 1 unspecified atom stereocenters. The van der Waals surface area contributed by atoms with Crippen LogP contribution in [0.25, 0.3) is 0 Å². The third-order valence-corrected chi connectivity index (χ3v) is 5.03. The predicted octanol–water partition coefficient (Wildman–Crippen LogP) is 1.91. The van der Waals surface area contributed by atoms with Crippen molar-refractivity contribution in [2.45, 2.75) is 20.3 Å². The number of carboxylic acid groups (broad SMARTS) is 1. The van der Waals surface area contributed by atoms with Gasteiger partial charge in [0, 0.05) is 17.9 Å². The highest BCUT2D eigenvalue weighted by atomic mass is 31.2. The Balaban J connectivity index is 3.73. The van der Waals surface area contributed by atoms with Gasteiger partial charge in [-0.05, 0) is 6.92 Å². The summed E-state index contributed by atoms with van der Waals surface area (Å²) in [6, 6.07) is 0. The smallest absolute Gasteiger partial charge is 0.333 e. The van der Waals surface area contributed by atoms with Gasteiger partial charge in [-0.2, -0.15) is 0 Å². The van der Waals surface area contributed by atoms with Gasteiger partial charge >= 0.3 is 11.9 Å². The Bertz CT molecular complexity index is 405. The lowest BCUT2D eigenvalue weighted by Crippen LogP contribution is -2.13. The van der Waals surface area contributed by atoms with Crippen LogP contribution in [-0.2, 0) is 28.2 Å². The SMILES string of the molecule is C=C(C)C(=O)OCCOCCOP(=O)(CC)CCC(=O)O. The molecule has 0 radical (unpaired) electrons. The fourth-order valence-corrected chi connectivity index (χ4v) is 2.83. The molecule has 0 aliphatic carbocycles. The number of esters is 1. The number of carboxylic acids is 1. The van der Waals surface area contributed by atoms with Crippen LogP contribution in [0.1, 0.15) is 20.3 Å². The normalized spacial score (nSPS) is 13.4. The first kappa shape index (κ1) is 19.8. The van der Waals surface area contributed by atoms with Crippen molar-refractivity contribution in [3.05, 3.63) is 12.2 Å². The predicted molar refractivity (Wildman–Crippen MR) is 77.8 cm³/mol. The van der Waals surface area contributed by atoms with Gasteiger partial charge < -0.3 is 19.1 Å². The molecule has 0 bridgehead atoms. The lowest BCUT2D eigenvalue weighted by Gasteiger charge is -2.16. The molecular weight excluding hydrogens is 299 g/mol. The summed E-state index contributed by atoms with van der Waals surface area (Å²) in [5.74, 6) is -1.47. The van der Waals surface area contributed by atoms with E-state index in [0.717, 1.165) is 0 Å². The lowest BCUT2D eigenvalue weighted by molar-refractivity contribution is -0.140. The zero-order valence-electron chi connectivity index (χ0n) is 12.5. The monoisotopic (exact) mass is 322 g/mol. The highest BCUT2D eigenvalue weighted by Gasteiger charge is 2.21. The van der Waals surface area contributed by atoms with E-state index in [2.05, 4.69) is 6.58 Å². The van der Waals surface area contributed by atoms with Gasteiger partial charge in [0.15, 0.2) is 0 Å². The number of carbonyl (C=O) groups is 2. The van der Waals surface area contributed by atoms with Gasteiger partial charge in [0.2, 0.25) is 7.37 Å². The van der Waals surface area contributed by atoms with E-state index in [1.807, 2.05) is 0 Å². The van der Waals surface area contributed by atoms with E-state index < -0.39 is 19.3 Å². The van der Waals surface area contributed by atoms with Crippen LogP contribution in [0.2, 0.25) is 0 Å². The molecule has 8 heteroatoms. The molecule has 0 heterocycles. The van der Waals surface area contributed by atoms with Gasteiger partial charge in [-0.25, -0.2) is 4.79 Å². The zero-order valence-corrected chi connectivity index (χ0v) is 13.4. The van der Waals surface area contributed by atoms with Crippen molar-refractivity contribution in [2.75, 3.05) is 38.8 Å². The summed E-state index contributed by atoms with van der Waals surface area (Å²) in [7, 11) is -2.90. The molecule has 0 aliphatic heterocycles. The molecule has 122 valence electrons. The maximum absolute atomic E-state index is 12.1. The van der Waals surface area contributed by atoms with E-state index in [9.17, 15) is 14.2 Å². The van der Waals surface area contributed by atoms with Gasteiger partial charge in [-0.1, -0.05) is 13.5 Å². The van der Waals surface area contributed by atoms with Crippen molar-refractivity contribution in [3.63, 3.8) is 0 Å². The molecule has 21 heavy (non-hydrogen) atoms. The molecule has 0 aromatic carbocycles. The van der Waals surface area contributed by atoms with Crippen molar-refractivity contribution in [3.8, 4) is 0 Å². The first-order valence-corrected chi connectivity index (χ1v) is 8.65. The van der Waals surface area contributed by atoms with Crippen molar-refractivity contribution < 1.29 is 33.3 Å². The summed E-state index contributed by atoms with van der Waals surface area (Å²) in [6.07, 6.45) is 0.133. The third kappa shape index (κ3) is 10.2. The molecule has 7 nitrogen and oxygen atoms in total. The highest BCUT2D eigenvalue weighted by molar-refractivity contribution is 7.58. The van der Waals surface area contributed by atoms with Gasteiger partial charge in [0.1, 0.15) is 6.61 Å². The Labute approximate surface area is 124 Å². The number of aliphatic carboxylic acids is 1. The number of ether oxygens (including phenoxy) is 2. The van der Waals surface area contributed by atoms with Crippen molar-refractivity contribution in [1.29, 1.82) is 0 Å². The van der Waals surface area contributed by atoms with Crippen LogP contribution < -0.4 is 0 Å². The summed E-state index contributed by atoms with van der Waals surface area (Å²) in [5, 5.41) is 8.58. The maximum atomic E-state index is 12.1. The van der Waals surface area contributed by atoms with Crippen LogP contribution in [0.5, 0.6) is 0 Å². The number of hydrogen-bond acceptors (Lipinski definition) is 6. The number of hydrogen-bond donors (Lipinski definition) is 1. The Morgan fingerprint density at radius 2 is 1.81 bits per heavy atom. The van der Waals surface area contributed by atoms with Crippen molar-refractivity contribution >= 4 is 19.3 Å². The minimum atomic E-state index is -2.90. The molecule has 0 spiro atoms. The van der Waals surface area contributed by atoms with Crippen LogP contribution in [0.3, 0.4) is 0 Å². The second-order valence-electron chi connectivity index (χ2n) is 4.36. The van der Waals surface area contributed by atoms with Crippen LogP contribution in [0.4, 0.5) is 0 Å². The van der Waals surface area contributed by atoms with E-state index in [1.54, 1.807) is 13.8 Å². The highest BCUT2D eigenvalue weighted by Crippen LogP contribution is 2.46. The molecule has 0 fully saturated rings. The standard InChI is InChI=1S/C13H23O7P/c1-4-21(17,10-5-12(14)15)20-9-7-18-6-8-19-13(16)11(2)3/h2,4-10H2,1,3H3,(H,14,15). The van der Waals surface area contributed by atoms with Gasteiger partial charge in [-0.3, -0.25) is 9.36 Å². The third-order valence-electron chi connectivity index (χ3n) is 2.51. The fraction of sp³-hybridized carbons (Fsp3) is 0.692. The second kappa shape index (κ2) is 10.5. The summed E-state index contributed by atoms with van der Waals surface area (Å²) >= 11 is 0. The number of carbonyl (C=O) groups excluding carboxylic acids is 1. The minimum Gasteiger partial charge on any atom is -0.481 e. The molecular formula is C13H23O7P. The van der Waals surface area contributed by atoms with Crippen LogP contribution in [0, 0.1) is 0 Å². The number of rotatable bonds is 12. The second-order valence-corrected chi connectivity index (χ2v) is 7.33. The van der Waals surface area contributed by atoms with Crippen LogP contribution in [0.15, 0.2) is 12.2 Å². The Hall–Kier alpha value is -1.17. The minimum absolute atomic E-state index is 0.0229. The molecule has 0 amide bonds. The summed E-state index contributed by atoms with van der Waals surface area (Å²) in [4.78, 5) is 21.5. The summed E-state index contributed by atoms with van der Waals surface area (Å²) in [6.45, 7) is 7.30. The van der Waals surface area contributed by atoms with Gasteiger partial charge in [-0.15, -0.1) is 0 Å². The maximum Gasteiger partial charge on any atom is 0.333 e. The fourth-order valence-electron chi connectivity index (χ4n) is 1.26. The molecule has 1 N–H and O–H groups in total. The van der Waals surface area contributed by atoms with Crippen molar-refractivity contribution in [2.24, 2.45) is 0 Å². The van der Waals surface area contributed by atoms with Crippen LogP contribution in [-0.4, -0.2) is 55.8 Å². The van der Waals surface area contributed by atoms with E-state index in [0.29, 0.717) is 5.57 Å². The molecule has 0 aromatic heterocycles. The molecule has 1 atom stereocenters. The largest absolute Gasteiger partial charge is 0.481 e. The van der Waals surface area contributed by atoms with E-state index in [-0.39, 0.29) is 45.2 Å². The van der Waals surface area contributed by atoms with E-state index >= 15 is 0 Å². The Morgan fingerprint density at radius 3 is 2.33 bits per heavy atom. The Kier molecular flexibility index (Phi) is 9.95. The summed E-state index contributed by atoms with van der Waals surface area (Å²) < 4.78 is 27.3. The van der Waals surface area contributed by atoms with Gasteiger partial charge in [0.05, 0.1) is 26.2 Å². The van der Waals surface area contributed by atoms with E-state index in [1.165, 1.54) is 0 Å². The molecule has 0 saturated carbocycles. The van der Waals surface area contributed by atoms with Crippen molar-refractivity contribution in [1.82, 2.24) is 0 Å². The van der Waals surface area contributed by atoms with Crippen LogP contribution >= 0.6 is 7.37 Å². The quantitative estimate of drug-likeness (QED) is 0.253. The topological polar surface area (TPSA) is 99.1 Å². The molecule has 0 saturated heterocycles. The molecule has 0 aliphatic rings. The first-order chi connectivity index (χ1) is 9.80. The first-order valence-electron chi connectivity index (χ1n) is 6.65. The average molecular weight is 322 g/mol. The molecule has 0 rings (SSSR count). The lowest BCUT2D eigenvalue weighted by atomic mass is 10.4.